The van der Waals surface area contributed by atoms with E-state index in [1.807, 2.05) is 13.8 Å². The van der Waals surface area contributed by atoms with E-state index >= 15 is 0 Å². The summed E-state index contributed by atoms with van der Waals surface area (Å²) in [6.07, 6.45) is 6.73. The summed E-state index contributed by atoms with van der Waals surface area (Å²) in [5.74, 6) is -0.299. The molecule has 0 aliphatic rings. The van der Waals surface area contributed by atoms with Crippen molar-refractivity contribution in [2.75, 3.05) is 12.3 Å². The molecule has 0 radical (unpaired) electrons. The van der Waals surface area contributed by atoms with Crippen LogP contribution in [0.25, 0.3) is 17.0 Å². The Bertz CT molecular complexity index is 976. The summed E-state index contributed by atoms with van der Waals surface area (Å²) in [6.45, 7) is 4.32. The van der Waals surface area contributed by atoms with Gasteiger partial charge in [0.05, 0.1) is 5.52 Å². The highest BCUT2D eigenvalue weighted by molar-refractivity contribution is 5.92. The number of anilines is 1. The lowest BCUT2D eigenvalue weighted by molar-refractivity contribution is -0.116. The van der Waals surface area contributed by atoms with Gasteiger partial charge in [0, 0.05) is 41.7 Å². The lowest BCUT2D eigenvalue weighted by Gasteiger charge is -2.05. The molecule has 1 aromatic carbocycles. The molecule has 0 atom stereocenters. The highest BCUT2D eigenvalue weighted by atomic mass is 19.1. The number of aryl methyl sites for hydroxylation is 2. The van der Waals surface area contributed by atoms with Crippen LogP contribution in [0.4, 0.5) is 10.3 Å². The molecule has 0 aliphatic heterocycles. The van der Waals surface area contributed by atoms with E-state index < -0.39 is 0 Å². The summed E-state index contributed by atoms with van der Waals surface area (Å²) in [4.78, 5) is 22.8. The largest absolute Gasteiger partial charge is 0.368 e. The normalized spacial score (nSPS) is 11.3. The maximum atomic E-state index is 14.0. The van der Waals surface area contributed by atoms with Crippen LogP contribution in [0, 0.1) is 19.7 Å². The number of hydrogen-bond donors (Lipinski definition) is 3. The third kappa shape index (κ3) is 3.72. The molecule has 0 unspecified atom stereocenters. The van der Waals surface area contributed by atoms with Gasteiger partial charge in [-0.05, 0) is 43.5 Å². The van der Waals surface area contributed by atoms with Gasteiger partial charge in [0.15, 0.2) is 0 Å². The van der Waals surface area contributed by atoms with Crippen molar-refractivity contribution in [2.24, 2.45) is 0 Å². The van der Waals surface area contributed by atoms with Gasteiger partial charge < -0.3 is 16.0 Å². The van der Waals surface area contributed by atoms with Gasteiger partial charge in [0.2, 0.25) is 11.9 Å². The minimum Gasteiger partial charge on any atom is -0.368 e. The number of aromatic amines is 1. The summed E-state index contributed by atoms with van der Waals surface area (Å²) in [5, 5.41) is 3.72. The van der Waals surface area contributed by atoms with Crippen molar-refractivity contribution >= 4 is 28.8 Å². The van der Waals surface area contributed by atoms with Crippen LogP contribution in [0.1, 0.15) is 22.4 Å². The number of hydrogen-bond acceptors (Lipinski definition) is 4. The maximum Gasteiger partial charge on any atom is 0.244 e. The number of nitrogens with two attached hydrogens (primary N) is 1. The van der Waals surface area contributed by atoms with E-state index in [4.69, 9.17) is 5.73 Å². The van der Waals surface area contributed by atoms with Crippen molar-refractivity contribution in [2.45, 2.75) is 20.3 Å². The Morgan fingerprint density at radius 3 is 2.77 bits per heavy atom. The molecule has 0 aliphatic carbocycles. The van der Waals surface area contributed by atoms with E-state index in [1.165, 1.54) is 12.1 Å². The van der Waals surface area contributed by atoms with E-state index in [1.54, 1.807) is 24.5 Å². The second-order valence-corrected chi connectivity index (χ2v) is 6.09. The van der Waals surface area contributed by atoms with Gasteiger partial charge in [-0.3, -0.25) is 4.79 Å². The number of halogens is 1. The average molecular weight is 353 g/mol. The average Bonchev–Trinajstić information content (AvgIpc) is 2.96. The van der Waals surface area contributed by atoms with Gasteiger partial charge in [-0.25, -0.2) is 14.4 Å². The van der Waals surface area contributed by atoms with Crippen molar-refractivity contribution in [3.05, 3.63) is 58.8 Å². The number of amides is 1. The second kappa shape index (κ2) is 7.35. The Hall–Kier alpha value is -3.22. The van der Waals surface area contributed by atoms with Crippen molar-refractivity contribution < 1.29 is 9.18 Å². The zero-order valence-corrected chi connectivity index (χ0v) is 14.6. The van der Waals surface area contributed by atoms with Crippen LogP contribution in [0.15, 0.2) is 30.6 Å². The molecule has 2 aromatic heterocycles. The molecule has 0 bridgehead atoms. The number of nitrogens with one attached hydrogen (secondary N) is 2. The van der Waals surface area contributed by atoms with Gasteiger partial charge in [0.25, 0.3) is 0 Å². The fourth-order valence-corrected chi connectivity index (χ4v) is 2.93. The summed E-state index contributed by atoms with van der Waals surface area (Å²) in [6, 6.07) is 3.23. The number of rotatable bonds is 5. The molecule has 3 rings (SSSR count). The number of fused-ring (bicyclic) bond motifs is 1. The molecule has 134 valence electrons. The molecule has 7 heteroatoms. The summed E-state index contributed by atoms with van der Waals surface area (Å²) >= 11 is 0. The summed E-state index contributed by atoms with van der Waals surface area (Å²) in [5.41, 5.74) is 9.57. The van der Waals surface area contributed by atoms with Crippen LogP contribution in [0.2, 0.25) is 0 Å². The summed E-state index contributed by atoms with van der Waals surface area (Å²) < 4.78 is 14.0. The Balaban J connectivity index is 1.64. The molecular formula is C19H20FN5O. The van der Waals surface area contributed by atoms with E-state index in [9.17, 15) is 9.18 Å². The van der Waals surface area contributed by atoms with Crippen LogP contribution in [-0.4, -0.2) is 27.4 Å². The molecule has 6 nitrogen and oxygen atoms in total. The van der Waals surface area contributed by atoms with Gasteiger partial charge in [-0.2, -0.15) is 0 Å². The molecule has 3 aromatic rings. The van der Waals surface area contributed by atoms with Crippen LogP contribution in [0.5, 0.6) is 0 Å². The highest BCUT2D eigenvalue weighted by Gasteiger charge is 2.13. The number of aromatic nitrogens is 3. The van der Waals surface area contributed by atoms with Crippen molar-refractivity contribution in [1.82, 2.24) is 20.3 Å². The zero-order chi connectivity index (χ0) is 18.7. The maximum absolute atomic E-state index is 14.0. The second-order valence-electron chi connectivity index (χ2n) is 6.09. The van der Waals surface area contributed by atoms with Gasteiger partial charge in [-0.15, -0.1) is 0 Å². The predicted octanol–water partition coefficient (Wildman–Crippen LogP) is 2.67. The first kappa shape index (κ1) is 17.6. The minimum absolute atomic E-state index is 0.187. The zero-order valence-electron chi connectivity index (χ0n) is 14.6. The van der Waals surface area contributed by atoms with E-state index in [-0.39, 0.29) is 17.7 Å². The lowest BCUT2D eigenvalue weighted by atomic mass is 10.0. The molecule has 1 amide bonds. The number of nitrogen functional groups attached to an aromatic ring is 1. The molecule has 0 fully saturated rings. The highest BCUT2D eigenvalue weighted by Crippen LogP contribution is 2.27. The van der Waals surface area contributed by atoms with Crippen molar-refractivity contribution in [3.8, 4) is 0 Å². The first-order chi connectivity index (χ1) is 12.5. The number of H-pyrrole nitrogens is 1. The molecule has 0 spiro atoms. The fourth-order valence-electron chi connectivity index (χ4n) is 2.93. The molecule has 4 N–H and O–H groups in total. The minimum atomic E-state index is -0.266. The molecule has 26 heavy (non-hydrogen) atoms. The third-order valence-electron chi connectivity index (χ3n) is 4.22. The van der Waals surface area contributed by atoms with Crippen LogP contribution >= 0.6 is 0 Å². The number of nitrogens with zero attached hydrogens (tertiary/aromatic N) is 2. The predicted molar refractivity (Wildman–Crippen MR) is 99.9 cm³/mol. The molecule has 0 saturated carbocycles. The van der Waals surface area contributed by atoms with Crippen molar-refractivity contribution in [3.63, 3.8) is 0 Å². The standard InChI is InChI=1S/C19H20FN5O/c1-11-3-5-15(20)18-17(11)14(12(2)25-18)7-8-22-16(26)6-4-13-9-23-19(21)24-10-13/h3-6,9-10,25H,7-8H2,1-2H3,(H,22,26)(H2,21,23,24). The van der Waals surface area contributed by atoms with Gasteiger partial charge in [-0.1, -0.05) is 6.07 Å². The smallest absolute Gasteiger partial charge is 0.244 e. The van der Waals surface area contributed by atoms with Gasteiger partial charge >= 0.3 is 0 Å². The number of carbonyl (C=O) groups excluding carboxylic acids is 1. The molecule has 0 saturated heterocycles. The van der Waals surface area contributed by atoms with E-state index in [0.717, 1.165) is 22.2 Å². The van der Waals surface area contributed by atoms with Gasteiger partial charge in [0.1, 0.15) is 5.82 Å². The lowest BCUT2D eigenvalue weighted by Crippen LogP contribution is -2.23. The number of carbonyl (C=O) groups is 1. The Morgan fingerprint density at radius 1 is 1.31 bits per heavy atom. The summed E-state index contributed by atoms with van der Waals surface area (Å²) in [7, 11) is 0. The molecule has 2 heterocycles. The third-order valence-corrected chi connectivity index (χ3v) is 4.22. The SMILES string of the molecule is Cc1[nH]c2c(F)ccc(C)c2c1CCNC(=O)C=Cc1cnc(N)nc1. The van der Waals surface area contributed by atoms with E-state index in [2.05, 4.69) is 20.3 Å². The first-order valence-electron chi connectivity index (χ1n) is 8.25. The topological polar surface area (TPSA) is 96.7 Å². The monoisotopic (exact) mass is 353 g/mol. The molecular weight excluding hydrogens is 333 g/mol. The first-order valence-corrected chi connectivity index (χ1v) is 8.25. The Labute approximate surface area is 150 Å². The quantitative estimate of drug-likeness (QED) is 0.614. The van der Waals surface area contributed by atoms with Crippen LogP contribution in [0.3, 0.4) is 0 Å². The fraction of sp³-hybridized carbons (Fsp3) is 0.211. The Morgan fingerprint density at radius 2 is 2.04 bits per heavy atom. The number of benzene rings is 1. The van der Waals surface area contributed by atoms with Crippen molar-refractivity contribution in [1.29, 1.82) is 0 Å². The Kier molecular flexibility index (Phi) is 4.97. The van der Waals surface area contributed by atoms with Crippen LogP contribution in [-0.2, 0) is 11.2 Å². The van der Waals surface area contributed by atoms with E-state index in [0.29, 0.717) is 24.0 Å². The van der Waals surface area contributed by atoms with Crippen LogP contribution < -0.4 is 11.1 Å².